The number of benzene rings is 1. The Labute approximate surface area is 142 Å². The van der Waals surface area contributed by atoms with Gasteiger partial charge in [0.15, 0.2) is 0 Å². The van der Waals surface area contributed by atoms with Crippen LogP contribution in [0.3, 0.4) is 0 Å². The highest BCUT2D eigenvalue weighted by molar-refractivity contribution is 5.94. The van der Waals surface area contributed by atoms with Crippen molar-refractivity contribution in [1.29, 1.82) is 0 Å². The van der Waals surface area contributed by atoms with Crippen molar-refractivity contribution in [2.24, 2.45) is 5.92 Å². The topological polar surface area (TPSA) is 66.4 Å². The van der Waals surface area contributed by atoms with Crippen LogP contribution in [-0.4, -0.2) is 23.0 Å². The predicted molar refractivity (Wildman–Crippen MR) is 81.3 cm³/mol. The van der Waals surface area contributed by atoms with Crippen LogP contribution in [0.1, 0.15) is 44.2 Å². The number of carbonyl (C=O) groups excluding carboxylic acids is 1. The van der Waals surface area contributed by atoms with E-state index in [1.54, 1.807) is 13.8 Å². The van der Waals surface area contributed by atoms with Crippen LogP contribution in [0.25, 0.3) is 0 Å². The Morgan fingerprint density at radius 1 is 1.24 bits per heavy atom. The number of rotatable bonds is 6. The minimum Gasteiger partial charge on any atom is -0.480 e. The number of nitrogens with one attached hydrogen (secondary N) is 1. The van der Waals surface area contributed by atoms with E-state index in [2.05, 4.69) is 5.32 Å². The number of alkyl halides is 3. The average molecular weight is 361 g/mol. The first-order chi connectivity index (χ1) is 11.5. The van der Waals surface area contributed by atoms with Crippen LogP contribution in [0.15, 0.2) is 18.2 Å². The van der Waals surface area contributed by atoms with Crippen molar-refractivity contribution in [3.05, 3.63) is 35.1 Å². The molecule has 1 fully saturated rings. The van der Waals surface area contributed by atoms with Gasteiger partial charge in [0.1, 0.15) is 11.9 Å². The summed E-state index contributed by atoms with van der Waals surface area (Å²) in [6.45, 7) is 3.58. The van der Waals surface area contributed by atoms with E-state index >= 15 is 0 Å². The SMILES string of the molecule is CC(C)C[C@@H](NC(=O)C1(c2cc(F)cc(C(F)(F)F)c2)CC1)C(=O)O. The van der Waals surface area contributed by atoms with E-state index in [-0.39, 0.29) is 30.7 Å². The summed E-state index contributed by atoms with van der Waals surface area (Å²) in [5, 5.41) is 11.6. The summed E-state index contributed by atoms with van der Waals surface area (Å²) in [6.07, 6.45) is -4.06. The molecule has 1 aromatic carbocycles. The van der Waals surface area contributed by atoms with Crippen LogP contribution in [0.2, 0.25) is 0 Å². The van der Waals surface area contributed by atoms with E-state index in [9.17, 15) is 32.3 Å². The molecule has 1 atom stereocenters. The van der Waals surface area contributed by atoms with Crippen molar-refractivity contribution in [3.63, 3.8) is 0 Å². The molecule has 0 bridgehead atoms. The highest BCUT2D eigenvalue weighted by Gasteiger charge is 2.52. The van der Waals surface area contributed by atoms with Gasteiger partial charge in [-0.05, 0) is 48.9 Å². The Morgan fingerprint density at radius 3 is 2.28 bits per heavy atom. The molecule has 0 spiro atoms. The normalized spacial score (nSPS) is 17.2. The summed E-state index contributed by atoms with van der Waals surface area (Å²) in [5.41, 5.74) is -2.54. The summed E-state index contributed by atoms with van der Waals surface area (Å²) >= 11 is 0. The lowest BCUT2D eigenvalue weighted by Crippen LogP contribution is -2.46. The first-order valence-electron chi connectivity index (χ1n) is 7.88. The zero-order valence-corrected chi connectivity index (χ0v) is 13.8. The van der Waals surface area contributed by atoms with Gasteiger partial charge < -0.3 is 10.4 Å². The third kappa shape index (κ3) is 4.29. The smallest absolute Gasteiger partial charge is 0.416 e. The van der Waals surface area contributed by atoms with Gasteiger partial charge in [-0.25, -0.2) is 9.18 Å². The van der Waals surface area contributed by atoms with Gasteiger partial charge in [0.2, 0.25) is 5.91 Å². The molecule has 0 unspecified atom stereocenters. The molecular formula is C17H19F4NO3. The number of carbonyl (C=O) groups is 2. The lowest BCUT2D eigenvalue weighted by atomic mass is 9.92. The molecule has 1 aliphatic rings. The van der Waals surface area contributed by atoms with Gasteiger partial charge in [0.25, 0.3) is 0 Å². The van der Waals surface area contributed by atoms with Crippen molar-refractivity contribution in [2.45, 2.75) is 50.7 Å². The van der Waals surface area contributed by atoms with E-state index in [0.717, 1.165) is 12.1 Å². The Hall–Kier alpha value is -2.12. The van der Waals surface area contributed by atoms with Gasteiger partial charge in [0, 0.05) is 0 Å². The van der Waals surface area contributed by atoms with Gasteiger partial charge in [-0.2, -0.15) is 13.2 Å². The molecule has 1 aromatic rings. The predicted octanol–water partition coefficient (Wildman–Crippen LogP) is 3.49. The summed E-state index contributed by atoms with van der Waals surface area (Å²) in [4.78, 5) is 23.8. The van der Waals surface area contributed by atoms with Crippen molar-refractivity contribution in [1.82, 2.24) is 5.32 Å². The lowest BCUT2D eigenvalue weighted by Gasteiger charge is -2.22. The second-order valence-electron chi connectivity index (χ2n) is 6.80. The second-order valence-corrected chi connectivity index (χ2v) is 6.80. The average Bonchev–Trinajstić information content (AvgIpc) is 3.26. The van der Waals surface area contributed by atoms with E-state index in [0.29, 0.717) is 6.07 Å². The number of carboxylic acid groups (broad SMARTS) is 1. The number of halogens is 4. The van der Waals surface area contributed by atoms with Crippen molar-refractivity contribution < 1.29 is 32.3 Å². The van der Waals surface area contributed by atoms with Gasteiger partial charge in [-0.15, -0.1) is 0 Å². The molecule has 2 rings (SSSR count). The largest absolute Gasteiger partial charge is 0.480 e. The maximum absolute atomic E-state index is 13.6. The highest BCUT2D eigenvalue weighted by Crippen LogP contribution is 2.49. The molecule has 1 saturated carbocycles. The van der Waals surface area contributed by atoms with Crippen LogP contribution in [0.4, 0.5) is 17.6 Å². The molecular weight excluding hydrogens is 342 g/mol. The molecule has 25 heavy (non-hydrogen) atoms. The standard InChI is InChI=1S/C17H19F4NO3/c1-9(2)5-13(14(23)24)22-15(25)16(3-4-16)10-6-11(17(19,20)21)8-12(18)7-10/h6-9,13H,3-5H2,1-2H3,(H,22,25)(H,23,24)/t13-/m1/s1. The Kier molecular flexibility index (Phi) is 5.11. The number of carboxylic acids is 1. The first-order valence-corrected chi connectivity index (χ1v) is 7.88. The molecule has 0 saturated heterocycles. The molecule has 4 nitrogen and oxygen atoms in total. The van der Waals surface area contributed by atoms with E-state index < -0.39 is 40.9 Å². The van der Waals surface area contributed by atoms with Crippen LogP contribution in [-0.2, 0) is 21.2 Å². The fourth-order valence-electron chi connectivity index (χ4n) is 2.79. The van der Waals surface area contributed by atoms with Crippen molar-refractivity contribution in [3.8, 4) is 0 Å². The molecule has 0 radical (unpaired) electrons. The van der Waals surface area contributed by atoms with E-state index in [1.165, 1.54) is 0 Å². The third-order valence-corrected chi connectivity index (χ3v) is 4.27. The Morgan fingerprint density at radius 2 is 1.84 bits per heavy atom. The van der Waals surface area contributed by atoms with E-state index in [4.69, 9.17) is 0 Å². The van der Waals surface area contributed by atoms with Gasteiger partial charge in [-0.1, -0.05) is 13.8 Å². The number of hydrogen-bond acceptors (Lipinski definition) is 2. The molecule has 0 aromatic heterocycles. The van der Waals surface area contributed by atoms with Gasteiger partial charge in [0.05, 0.1) is 11.0 Å². The Balaban J connectivity index is 2.28. The van der Waals surface area contributed by atoms with Gasteiger partial charge >= 0.3 is 12.1 Å². The minimum atomic E-state index is -4.73. The number of amides is 1. The minimum absolute atomic E-state index is 0.00237. The summed E-state index contributed by atoms with van der Waals surface area (Å²) in [6, 6.07) is 0.894. The molecule has 1 aliphatic carbocycles. The molecule has 0 heterocycles. The monoisotopic (exact) mass is 361 g/mol. The summed E-state index contributed by atoms with van der Waals surface area (Å²) < 4.78 is 52.2. The quantitative estimate of drug-likeness (QED) is 0.763. The molecule has 138 valence electrons. The van der Waals surface area contributed by atoms with Crippen molar-refractivity contribution in [2.75, 3.05) is 0 Å². The molecule has 8 heteroatoms. The molecule has 2 N–H and O–H groups in total. The van der Waals surface area contributed by atoms with Crippen LogP contribution >= 0.6 is 0 Å². The Bertz CT molecular complexity index is 681. The summed E-state index contributed by atoms with van der Waals surface area (Å²) in [5.74, 6) is -2.98. The fourth-order valence-corrected chi connectivity index (χ4v) is 2.79. The summed E-state index contributed by atoms with van der Waals surface area (Å²) in [7, 11) is 0. The van der Waals surface area contributed by atoms with Crippen LogP contribution < -0.4 is 5.32 Å². The van der Waals surface area contributed by atoms with Crippen LogP contribution in [0.5, 0.6) is 0 Å². The van der Waals surface area contributed by atoms with Crippen LogP contribution in [0, 0.1) is 11.7 Å². The lowest BCUT2D eigenvalue weighted by molar-refractivity contribution is -0.142. The number of aliphatic carboxylic acids is 1. The molecule has 1 amide bonds. The van der Waals surface area contributed by atoms with Gasteiger partial charge in [-0.3, -0.25) is 4.79 Å². The zero-order valence-electron chi connectivity index (χ0n) is 13.8. The fraction of sp³-hybridized carbons (Fsp3) is 0.529. The third-order valence-electron chi connectivity index (χ3n) is 4.27. The molecule has 0 aliphatic heterocycles. The first kappa shape index (κ1) is 19.2. The van der Waals surface area contributed by atoms with Crippen molar-refractivity contribution >= 4 is 11.9 Å². The van der Waals surface area contributed by atoms with E-state index in [1.807, 2.05) is 0 Å². The number of hydrogen-bond donors (Lipinski definition) is 2. The second kappa shape index (κ2) is 6.65. The maximum Gasteiger partial charge on any atom is 0.416 e. The maximum atomic E-state index is 13.6. The highest BCUT2D eigenvalue weighted by atomic mass is 19.4. The zero-order chi connectivity index (χ0) is 19.0.